The molecule has 1 amide bonds. The Morgan fingerprint density at radius 2 is 2.12 bits per heavy atom. The van der Waals surface area contributed by atoms with Gasteiger partial charge in [-0.05, 0) is 31.4 Å². The summed E-state index contributed by atoms with van der Waals surface area (Å²) in [5.41, 5.74) is 1.36. The zero-order valence-electron chi connectivity index (χ0n) is 14.5. The monoisotopic (exact) mass is 332 g/mol. The second-order valence-corrected chi connectivity index (χ2v) is 6.69. The minimum Gasteiger partial charge on any atom is -0.376 e. The summed E-state index contributed by atoms with van der Waals surface area (Å²) in [6.07, 6.45) is 0.735. The van der Waals surface area contributed by atoms with Crippen LogP contribution in [0.2, 0.25) is 0 Å². The third-order valence-electron chi connectivity index (χ3n) is 4.88. The van der Waals surface area contributed by atoms with Crippen LogP contribution in [0.5, 0.6) is 0 Å². The molecule has 2 saturated heterocycles. The second kappa shape index (κ2) is 8.60. The molecular formula is C19H28N2O3. The van der Waals surface area contributed by atoms with Gasteiger partial charge in [-0.25, -0.2) is 0 Å². The van der Waals surface area contributed by atoms with Crippen LogP contribution in [0.15, 0.2) is 30.3 Å². The molecule has 132 valence electrons. The Hall–Kier alpha value is -1.43. The largest absolute Gasteiger partial charge is 0.376 e. The predicted octanol–water partition coefficient (Wildman–Crippen LogP) is 1.77. The minimum atomic E-state index is -0.416. The lowest BCUT2D eigenvalue weighted by atomic mass is 10.1. The van der Waals surface area contributed by atoms with Crippen molar-refractivity contribution in [3.8, 4) is 0 Å². The number of benzene rings is 1. The van der Waals surface area contributed by atoms with Crippen molar-refractivity contribution >= 4 is 5.91 Å². The molecule has 5 heteroatoms. The molecule has 0 bridgehead atoms. The average Bonchev–Trinajstić information content (AvgIpc) is 3.07. The molecule has 0 spiro atoms. The lowest BCUT2D eigenvalue weighted by Crippen LogP contribution is -2.47. The third kappa shape index (κ3) is 4.56. The van der Waals surface area contributed by atoms with Crippen LogP contribution < -0.4 is 0 Å². The summed E-state index contributed by atoms with van der Waals surface area (Å²) in [6, 6.07) is 10.6. The molecular weight excluding hydrogens is 304 g/mol. The summed E-state index contributed by atoms with van der Waals surface area (Å²) in [7, 11) is 0. The van der Waals surface area contributed by atoms with Gasteiger partial charge in [-0.15, -0.1) is 0 Å². The van der Waals surface area contributed by atoms with Gasteiger partial charge in [-0.1, -0.05) is 30.3 Å². The van der Waals surface area contributed by atoms with Gasteiger partial charge < -0.3 is 14.4 Å². The fraction of sp³-hybridized carbons (Fsp3) is 0.632. The minimum absolute atomic E-state index is 0.0821. The summed E-state index contributed by atoms with van der Waals surface area (Å²) in [5.74, 6) is 0.626. The Kier molecular flexibility index (Phi) is 6.24. The summed E-state index contributed by atoms with van der Waals surface area (Å²) in [6.45, 7) is 8.24. The van der Waals surface area contributed by atoms with E-state index >= 15 is 0 Å². The molecule has 2 aliphatic heterocycles. The van der Waals surface area contributed by atoms with Crippen molar-refractivity contribution in [3.63, 3.8) is 0 Å². The van der Waals surface area contributed by atoms with E-state index in [1.54, 1.807) is 0 Å². The van der Waals surface area contributed by atoms with E-state index in [0.29, 0.717) is 25.7 Å². The van der Waals surface area contributed by atoms with Crippen molar-refractivity contribution in [2.75, 3.05) is 46.0 Å². The Labute approximate surface area is 144 Å². The van der Waals surface area contributed by atoms with E-state index in [-0.39, 0.29) is 5.91 Å². The van der Waals surface area contributed by atoms with Crippen LogP contribution in [-0.2, 0) is 20.8 Å². The van der Waals surface area contributed by atoms with Gasteiger partial charge in [0.1, 0.15) is 0 Å². The highest BCUT2D eigenvalue weighted by Gasteiger charge is 2.30. The molecule has 2 heterocycles. The Bertz CT molecular complexity index is 517. The molecule has 0 aliphatic carbocycles. The van der Waals surface area contributed by atoms with E-state index < -0.39 is 6.10 Å². The highest BCUT2D eigenvalue weighted by molar-refractivity contribution is 5.81. The number of rotatable bonds is 6. The van der Waals surface area contributed by atoms with Crippen LogP contribution in [-0.4, -0.2) is 67.8 Å². The van der Waals surface area contributed by atoms with Crippen LogP contribution in [0.1, 0.15) is 18.9 Å². The molecule has 1 aromatic rings. The summed E-state index contributed by atoms with van der Waals surface area (Å²) in [5, 5.41) is 0. The van der Waals surface area contributed by atoms with Crippen molar-refractivity contribution in [3.05, 3.63) is 35.9 Å². The van der Waals surface area contributed by atoms with E-state index in [1.165, 1.54) is 5.56 Å². The standard InChI is InChI=1S/C19H28N2O3/c1-2-21(19(22)18-15-23-10-11-24-18)14-17-8-9-20(13-17)12-16-6-4-3-5-7-16/h3-7,17-18H,2,8-15H2,1H3/t17-,18-/m1/s1. The number of nitrogens with zero attached hydrogens (tertiary/aromatic N) is 2. The third-order valence-corrected chi connectivity index (χ3v) is 4.88. The van der Waals surface area contributed by atoms with Crippen LogP contribution in [0.3, 0.4) is 0 Å². The van der Waals surface area contributed by atoms with Crippen LogP contribution >= 0.6 is 0 Å². The van der Waals surface area contributed by atoms with E-state index in [1.807, 2.05) is 11.8 Å². The van der Waals surface area contributed by atoms with Gasteiger partial charge in [0.05, 0.1) is 19.8 Å². The number of likely N-dealkylation sites (tertiary alicyclic amines) is 1. The van der Waals surface area contributed by atoms with E-state index in [2.05, 4.69) is 35.2 Å². The fourth-order valence-corrected chi connectivity index (χ4v) is 3.57. The number of amides is 1. The van der Waals surface area contributed by atoms with Gasteiger partial charge in [0.25, 0.3) is 5.91 Å². The fourth-order valence-electron chi connectivity index (χ4n) is 3.57. The molecule has 0 radical (unpaired) electrons. The molecule has 0 N–H and O–H groups in total. The van der Waals surface area contributed by atoms with Crippen LogP contribution in [0.25, 0.3) is 0 Å². The first kappa shape index (κ1) is 17.4. The Morgan fingerprint density at radius 1 is 1.29 bits per heavy atom. The highest BCUT2D eigenvalue weighted by Crippen LogP contribution is 2.20. The molecule has 2 fully saturated rings. The van der Waals surface area contributed by atoms with Gasteiger partial charge >= 0.3 is 0 Å². The van der Waals surface area contributed by atoms with Crippen molar-refractivity contribution in [1.82, 2.24) is 9.80 Å². The van der Waals surface area contributed by atoms with Crippen LogP contribution in [0, 0.1) is 5.92 Å². The average molecular weight is 332 g/mol. The first-order chi connectivity index (χ1) is 11.8. The molecule has 0 aromatic heterocycles. The molecule has 2 aliphatic rings. The molecule has 3 rings (SSSR count). The number of likely N-dealkylation sites (N-methyl/N-ethyl adjacent to an activating group) is 1. The summed E-state index contributed by atoms with van der Waals surface area (Å²) >= 11 is 0. The van der Waals surface area contributed by atoms with Crippen LogP contribution in [0.4, 0.5) is 0 Å². The molecule has 2 atom stereocenters. The topological polar surface area (TPSA) is 42.0 Å². The van der Waals surface area contributed by atoms with E-state index in [0.717, 1.165) is 39.1 Å². The molecule has 0 unspecified atom stereocenters. The lowest BCUT2D eigenvalue weighted by Gasteiger charge is -2.30. The van der Waals surface area contributed by atoms with Crippen molar-refractivity contribution in [2.45, 2.75) is 26.0 Å². The number of ether oxygens (including phenoxy) is 2. The predicted molar refractivity (Wildman–Crippen MR) is 92.6 cm³/mol. The summed E-state index contributed by atoms with van der Waals surface area (Å²) < 4.78 is 10.9. The smallest absolute Gasteiger partial charge is 0.254 e. The normalized spacial score (nSPS) is 24.9. The maximum atomic E-state index is 12.6. The molecule has 5 nitrogen and oxygen atoms in total. The number of hydrogen-bond acceptors (Lipinski definition) is 4. The Balaban J connectivity index is 1.48. The zero-order valence-corrected chi connectivity index (χ0v) is 14.5. The Morgan fingerprint density at radius 3 is 2.83 bits per heavy atom. The SMILES string of the molecule is CCN(C[C@@H]1CCN(Cc2ccccc2)C1)C(=O)[C@H]1COCCO1. The van der Waals surface area contributed by atoms with E-state index in [9.17, 15) is 4.79 Å². The second-order valence-electron chi connectivity index (χ2n) is 6.69. The highest BCUT2D eigenvalue weighted by atomic mass is 16.6. The van der Waals surface area contributed by atoms with Gasteiger partial charge in [-0.3, -0.25) is 9.69 Å². The summed E-state index contributed by atoms with van der Waals surface area (Å²) in [4.78, 5) is 17.0. The first-order valence-electron chi connectivity index (χ1n) is 9.00. The number of hydrogen-bond donors (Lipinski definition) is 0. The molecule has 24 heavy (non-hydrogen) atoms. The van der Waals surface area contributed by atoms with Crippen molar-refractivity contribution < 1.29 is 14.3 Å². The first-order valence-corrected chi connectivity index (χ1v) is 9.00. The van der Waals surface area contributed by atoms with Gasteiger partial charge in [-0.2, -0.15) is 0 Å². The van der Waals surface area contributed by atoms with Crippen molar-refractivity contribution in [2.24, 2.45) is 5.92 Å². The van der Waals surface area contributed by atoms with Crippen molar-refractivity contribution in [1.29, 1.82) is 0 Å². The molecule has 0 saturated carbocycles. The van der Waals surface area contributed by atoms with Gasteiger partial charge in [0.15, 0.2) is 6.10 Å². The lowest BCUT2D eigenvalue weighted by molar-refractivity contribution is -0.158. The maximum Gasteiger partial charge on any atom is 0.254 e. The van der Waals surface area contributed by atoms with Gasteiger partial charge in [0.2, 0.25) is 0 Å². The zero-order chi connectivity index (χ0) is 16.8. The maximum absolute atomic E-state index is 12.6. The number of carbonyl (C=O) groups excluding carboxylic acids is 1. The van der Waals surface area contributed by atoms with E-state index in [4.69, 9.17) is 9.47 Å². The quantitative estimate of drug-likeness (QED) is 0.796. The number of carbonyl (C=O) groups is 1. The molecule has 1 aromatic carbocycles. The van der Waals surface area contributed by atoms with Gasteiger partial charge in [0, 0.05) is 26.2 Å².